The van der Waals surface area contributed by atoms with E-state index >= 15 is 0 Å². The molecule has 2 N–H and O–H groups in total. The summed E-state index contributed by atoms with van der Waals surface area (Å²) >= 11 is 0. The molecular weight excluding hydrogens is 472 g/mol. The number of ether oxygens (including phenoxy) is 1. The maximum Gasteiger partial charge on any atom is 0.321 e. The monoisotopic (exact) mass is 514 g/mol. The van der Waals surface area contributed by atoms with Crippen molar-refractivity contribution in [3.05, 3.63) is 28.7 Å². The molecule has 0 saturated carbocycles. The van der Waals surface area contributed by atoms with Crippen LogP contribution in [0, 0.1) is 12.8 Å². The van der Waals surface area contributed by atoms with Crippen molar-refractivity contribution < 1.29 is 14.3 Å². The Hall–Kier alpha value is -2.92. The third-order valence-corrected chi connectivity index (χ3v) is 7.98. The Morgan fingerprint density at radius 2 is 1.97 bits per heavy atom. The van der Waals surface area contributed by atoms with E-state index in [9.17, 15) is 9.59 Å². The average Bonchev–Trinajstić information content (AvgIpc) is 3.47. The number of aromatic amines is 1. The van der Waals surface area contributed by atoms with Gasteiger partial charge in [0.1, 0.15) is 5.69 Å². The Kier molecular flexibility index (Phi) is 7.66. The largest absolute Gasteiger partial charge is 0.381 e. The quantitative estimate of drug-likeness (QED) is 0.649. The van der Waals surface area contributed by atoms with Crippen molar-refractivity contribution >= 4 is 17.8 Å². The Morgan fingerprint density at radius 3 is 2.62 bits per heavy atom. The van der Waals surface area contributed by atoms with Crippen LogP contribution in [0.2, 0.25) is 0 Å². The lowest BCUT2D eigenvalue weighted by Crippen LogP contribution is -2.59. The summed E-state index contributed by atoms with van der Waals surface area (Å²) in [5.74, 6) is 0.878. The molecule has 3 aliphatic heterocycles. The van der Waals surface area contributed by atoms with E-state index in [0.29, 0.717) is 30.5 Å². The predicted octanol–water partition coefficient (Wildman–Crippen LogP) is 2.94. The lowest BCUT2D eigenvalue weighted by Gasteiger charge is -2.44. The smallest absolute Gasteiger partial charge is 0.321 e. The van der Waals surface area contributed by atoms with Crippen LogP contribution in [-0.4, -0.2) is 92.1 Å². The molecule has 2 fully saturated rings. The molecule has 2 saturated heterocycles. The molecule has 2 aromatic heterocycles. The highest BCUT2D eigenvalue weighted by atomic mass is 16.5. The molecular formula is C26H42N8O3. The Balaban J connectivity index is 0.00000320. The van der Waals surface area contributed by atoms with Gasteiger partial charge in [0.15, 0.2) is 5.82 Å². The Bertz CT molecular complexity index is 1130. The van der Waals surface area contributed by atoms with Crippen molar-refractivity contribution in [1.82, 2.24) is 34.7 Å². The van der Waals surface area contributed by atoms with Gasteiger partial charge >= 0.3 is 6.03 Å². The van der Waals surface area contributed by atoms with E-state index in [1.165, 1.54) is 0 Å². The van der Waals surface area contributed by atoms with E-state index in [4.69, 9.17) is 4.74 Å². The van der Waals surface area contributed by atoms with Crippen LogP contribution >= 0.6 is 0 Å². The van der Waals surface area contributed by atoms with Gasteiger partial charge in [-0.3, -0.25) is 19.5 Å². The molecule has 1 atom stereocenters. The van der Waals surface area contributed by atoms with Gasteiger partial charge < -0.3 is 19.9 Å². The van der Waals surface area contributed by atoms with Crippen molar-refractivity contribution in [3.8, 4) is 0 Å². The zero-order chi connectivity index (χ0) is 25.6. The summed E-state index contributed by atoms with van der Waals surface area (Å²) < 4.78 is 7.06. The number of piperazine rings is 1. The number of urea groups is 1. The second kappa shape index (κ2) is 10.4. The van der Waals surface area contributed by atoms with Gasteiger partial charge in [0, 0.05) is 58.0 Å². The summed E-state index contributed by atoms with van der Waals surface area (Å²) in [6.07, 6.45) is 2.25. The number of aromatic nitrogens is 4. The molecule has 3 aliphatic rings. The number of hydrogen-bond donors (Lipinski definition) is 2. The van der Waals surface area contributed by atoms with Crippen LogP contribution < -0.4 is 5.32 Å². The molecule has 0 radical (unpaired) electrons. The number of nitrogens with one attached hydrogen (secondary N) is 2. The molecule has 5 heterocycles. The highest BCUT2D eigenvalue weighted by Crippen LogP contribution is 2.41. The average molecular weight is 515 g/mol. The van der Waals surface area contributed by atoms with E-state index < -0.39 is 5.54 Å². The minimum absolute atomic E-state index is 0. The van der Waals surface area contributed by atoms with Gasteiger partial charge in [-0.25, -0.2) is 4.79 Å². The van der Waals surface area contributed by atoms with Gasteiger partial charge in [-0.15, -0.1) is 0 Å². The first-order chi connectivity index (χ1) is 17.1. The van der Waals surface area contributed by atoms with E-state index in [-0.39, 0.29) is 25.4 Å². The number of hydrogen-bond acceptors (Lipinski definition) is 6. The van der Waals surface area contributed by atoms with E-state index in [1.54, 1.807) is 17.8 Å². The fraction of sp³-hybridized carbons (Fsp3) is 0.692. The van der Waals surface area contributed by atoms with Gasteiger partial charge in [-0.2, -0.15) is 10.2 Å². The van der Waals surface area contributed by atoms with Crippen LogP contribution in [0.3, 0.4) is 0 Å². The molecule has 0 bridgehead atoms. The van der Waals surface area contributed by atoms with Crippen LogP contribution in [-0.2, 0) is 23.9 Å². The summed E-state index contributed by atoms with van der Waals surface area (Å²) in [7, 11) is 1.74. The molecule has 2 aromatic rings. The van der Waals surface area contributed by atoms with Gasteiger partial charge in [-0.1, -0.05) is 7.43 Å². The van der Waals surface area contributed by atoms with Gasteiger partial charge in [0.2, 0.25) is 0 Å². The third-order valence-electron chi connectivity index (χ3n) is 7.98. The third kappa shape index (κ3) is 5.11. The summed E-state index contributed by atoms with van der Waals surface area (Å²) in [4.78, 5) is 33.0. The van der Waals surface area contributed by atoms with Crippen molar-refractivity contribution in [2.24, 2.45) is 13.0 Å². The highest BCUT2D eigenvalue weighted by molar-refractivity contribution is 6.03. The maximum absolute atomic E-state index is 13.8. The van der Waals surface area contributed by atoms with E-state index in [0.717, 1.165) is 62.6 Å². The second-order valence-electron chi connectivity index (χ2n) is 11.0. The van der Waals surface area contributed by atoms with Gasteiger partial charge in [0.05, 0.1) is 23.5 Å². The normalized spacial score (nSPS) is 22.0. The molecule has 11 heteroatoms. The molecule has 0 spiro atoms. The summed E-state index contributed by atoms with van der Waals surface area (Å²) in [6.45, 7) is 13.7. The number of fused-ring (bicyclic) bond motifs is 1. The van der Waals surface area contributed by atoms with Crippen LogP contribution in [0.15, 0.2) is 6.07 Å². The number of amides is 3. The molecule has 11 nitrogen and oxygen atoms in total. The highest BCUT2D eigenvalue weighted by Gasteiger charge is 2.46. The lowest BCUT2D eigenvalue weighted by molar-refractivity contribution is 0.0290. The summed E-state index contributed by atoms with van der Waals surface area (Å²) in [5, 5.41) is 14.6. The molecule has 37 heavy (non-hydrogen) atoms. The second-order valence-corrected chi connectivity index (χ2v) is 11.0. The fourth-order valence-electron chi connectivity index (χ4n) is 5.85. The van der Waals surface area contributed by atoms with Crippen molar-refractivity contribution in [2.75, 3.05) is 44.7 Å². The van der Waals surface area contributed by atoms with Crippen molar-refractivity contribution in [2.45, 2.75) is 66.1 Å². The molecule has 0 aromatic carbocycles. The summed E-state index contributed by atoms with van der Waals surface area (Å²) in [6, 6.07) is 1.90. The SMILES string of the molecule is C.Cc1cc(C(=O)Nc2n[nH]c3c2CN(C(=O)N2CCN(CC4CCOCC4)C[C@@H]2C)C3(C)C)n(C)n1. The fourth-order valence-corrected chi connectivity index (χ4v) is 5.85. The number of rotatable bonds is 4. The van der Waals surface area contributed by atoms with Crippen LogP contribution in [0.5, 0.6) is 0 Å². The zero-order valence-corrected chi connectivity index (χ0v) is 22.0. The van der Waals surface area contributed by atoms with Crippen LogP contribution in [0.25, 0.3) is 0 Å². The number of anilines is 1. The van der Waals surface area contributed by atoms with E-state index in [2.05, 4.69) is 32.4 Å². The molecule has 5 rings (SSSR count). The topological polar surface area (TPSA) is 112 Å². The number of carbonyl (C=O) groups excluding carboxylic acids is 2. The molecule has 204 valence electrons. The zero-order valence-electron chi connectivity index (χ0n) is 22.0. The van der Waals surface area contributed by atoms with Gasteiger partial charge in [0.25, 0.3) is 5.91 Å². The predicted molar refractivity (Wildman–Crippen MR) is 141 cm³/mol. The van der Waals surface area contributed by atoms with Gasteiger partial charge in [-0.05, 0) is 52.5 Å². The Morgan fingerprint density at radius 1 is 1.24 bits per heavy atom. The van der Waals surface area contributed by atoms with Crippen LogP contribution in [0.4, 0.5) is 10.6 Å². The molecule has 0 aliphatic carbocycles. The minimum Gasteiger partial charge on any atom is -0.381 e. The first-order valence-electron chi connectivity index (χ1n) is 12.9. The number of aryl methyl sites for hydroxylation is 2. The summed E-state index contributed by atoms with van der Waals surface area (Å²) in [5.41, 5.74) is 2.38. The maximum atomic E-state index is 13.8. The number of nitrogens with zero attached hydrogens (tertiary/aromatic N) is 6. The van der Waals surface area contributed by atoms with Crippen molar-refractivity contribution in [3.63, 3.8) is 0 Å². The Labute approximate surface area is 219 Å². The molecule has 3 amide bonds. The first-order valence-corrected chi connectivity index (χ1v) is 12.9. The minimum atomic E-state index is -0.565. The lowest BCUT2D eigenvalue weighted by atomic mass is 9.99. The van der Waals surface area contributed by atoms with Crippen molar-refractivity contribution in [1.29, 1.82) is 0 Å². The number of H-pyrrole nitrogens is 1. The van der Waals surface area contributed by atoms with E-state index in [1.807, 2.05) is 30.6 Å². The van der Waals surface area contributed by atoms with Crippen LogP contribution in [0.1, 0.15) is 68.5 Å². The first kappa shape index (κ1) is 27.1. The number of carbonyl (C=O) groups is 2. The standard InChI is InChI=1S/C25H38N8O3.CH4/c1-16-12-20(30(5)29-16)23(34)26-22-19-15-33(25(3,4)21(19)27-28-22)24(35)32-9-8-31(13-17(32)2)14-18-6-10-36-11-7-18;/h12,17-18H,6-11,13-15H2,1-5H3,(H2,26,27,28,34);1H4/t17-;/m0./s1. The molecule has 0 unspecified atom stereocenters.